The molecule has 1 rings (SSSR count). The van der Waals surface area contributed by atoms with Crippen molar-refractivity contribution in [2.45, 2.75) is 65.7 Å². The smallest absolute Gasteiger partial charge is 0.0411 e. The van der Waals surface area contributed by atoms with Crippen molar-refractivity contribution in [3.05, 3.63) is 0 Å². The molecule has 0 aromatic carbocycles. The Kier molecular flexibility index (Phi) is 4.83. The molecule has 0 radical (unpaired) electrons. The third-order valence-corrected chi connectivity index (χ3v) is 3.21. The van der Waals surface area contributed by atoms with Gasteiger partial charge in [0.05, 0.1) is 0 Å². The molecule has 1 fully saturated rings. The summed E-state index contributed by atoms with van der Waals surface area (Å²) in [5.74, 6) is 3.09. The van der Waals surface area contributed by atoms with Crippen LogP contribution in [0.25, 0.3) is 0 Å². The lowest BCUT2D eigenvalue weighted by molar-refractivity contribution is 0.360. The molecule has 1 saturated carbocycles. The SMILES string of the molecule is CCCC(CCC(C)C)CC1CC1. The Morgan fingerprint density at radius 3 is 2.23 bits per heavy atom. The van der Waals surface area contributed by atoms with Crippen molar-refractivity contribution in [3.8, 4) is 0 Å². The Labute approximate surface area is 84.1 Å². The van der Waals surface area contributed by atoms with Gasteiger partial charge < -0.3 is 0 Å². The molecule has 0 aromatic rings. The minimum absolute atomic E-state index is 0.901. The molecule has 0 spiro atoms. The second-order valence-electron chi connectivity index (χ2n) is 5.30. The van der Waals surface area contributed by atoms with E-state index in [0.29, 0.717) is 0 Å². The molecule has 1 atom stereocenters. The van der Waals surface area contributed by atoms with Gasteiger partial charge in [-0.1, -0.05) is 59.3 Å². The maximum atomic E-state index is 2.35. The van der Waals surface area contributed by atoms with Crippen LogP contribution in [0.5, 0.6) is 0 Å². The summed E-state index contributed by atoms with van der Waals surface area (Å²) < 4.78 is 0. The molecule has 13 heavy (non-hydrogen) atoms. The first-order valence-corrected chi connectivity index (χ1v) is 6.22. The maximum absolute atomic E-state index is 2.35. The van der Waals surface area contributed by atoms with E-state index in [1.165, 1.54) is 38.5 Å². The van der Waals surface area contributed by atoms with Crippen molar-refractivity contribution in [2.75, 3.05) is 0 Å². The molecule has 1 aliphatic carbocycles. The highest BCUT2D eigenvalue weighted by atomic mass is 14.3. The summed E-state index contributed by atoms with van der Waals surface area (Å²) in [5.41, 5.74) is 0. The quantitative estimate of drug-likeness (QED) is 0.538. The van der Waals surface area contributed by atoms with E-state index in [9.17, 15) is 0 Å². The van der Waals surface area contributed by atoms with Crippen LogP contribution >= 0.6 is 0 Å². The van der Waals surface area contributed by atoms with Crippen LogP contribution in [-0.4, -0.2) is 0 Å². The lowest BCUT2D eigenvalue weighted by Crippen LogP contribution is -2.03. The third kappa shape index (κ3) is 5.33. The second kappa shape index (κ2) is 5.67. The van der Waals surface area contributed by atoms with E-state index >= 15 is 0 Å². The molecule has 0 N–H and O–H groups in total. The lowest BCUT2D eigenvalue weighted by Gasteiger charge is -2.16. The molecule has 0 heteroatoms. The Morgan fingerprint density at radius 2 is 1.77 bits per heavy atom. The number of hydrogen-bond acceptors (Lipinski definition) is 0. The van der Waals surface area contributed by atoms with Crippen LogP contribution in [0.3, 0.4) is 0 Å². The Bertz CT molecular complexity index is 122. The van der Waals surface area contributed by atoms with Gasteiger partial charge >= 0.3 is 0 Å². The molecular formula is C13H26. The van der Waals surface area contributed by atoms with Gasteiger partial charge in [0.2, 0.25) is 0 Å². The van der Waals surface area contributed by atoms with Gasteiger partial charge in [0.25, 0.3) is 0 Å². The molecule has 0 aromatic heterocycles. The highest BCUT2D eigenvalue weighted by molar-refractivity contribution is 4.76. The fraction of sp³-hybridized carbons (Fsp3) is 1.00. The van der Waals surface area contributed by atoms with Crippen LogP contribution in [0.15, 0.2) is 0 Å². The van der Waals surface area contributed by atoms with Crippen LogP contribution in [0.1, 0.15) is 65.7 Å². The Hall–Kier alpha value is 0. The molecule has 0 aliphatic heterocycles. The van der Waals surface area contributed by atoms with Gasteiger partial charge in [0.1, 0.15) is 0 Å². The first-order valence-electron chi connectivity index (χ1n) is 6.22. The molecular weight excluding hydrogens is 156 g/mol. The van der Waals surface area contributed by atoms with Crippen LogP contribution in [-0.2, 0) is 0 Å². The van der Waals surface area contributed by atoms with Gasteiger partial charge in [-0.15, -0.1) is 0 Å². The van der Waals surface area contributed by atoms with Crippen molar-refractivity contribution < 1.29 is 0 Å². The van der Waals surface area contributed by atoms with Crippen LogP contribution in [0, 0.1) is 17.8 Å². The molecule has 0 amide bonds. The van der Waals surface area contributed by atoms with Crippen LogP contribution in [0.2, 0.25) is 0 Å². The van der Waals surface area contributed by atoms with E-state index in [4.69, 9.17) is 0 Å². The van der Waals surface area contributed by atoms with Gasteiger partial charge in [-0.3, -0.25) is 0 Å². The van der Waals surface area contributed by atoms with Gasteiger partial charge in [-0.2, -0.15) is 0 Å². The van der Waals surface area contributed by atoms with E-state index in [1.54, 1.807) is 6.42 Å². The van der Waals surface area contributed by atoms with Gasteiger partial charge in [0, 0.05) is 0 Å². The molecule has 78 valence electrons. The van der Waals surface area contributed by atoms with Crippen LogP contribution in [0.4, 0.5) is 0 Å². The van der Waals surface area contributed by atoms with E-state index in [0.717, 1.165) is 17.8 Å². The average molecular weight is 182 g/mol. The summed E-state index contributed by atoms with van der Waals surface area (Å²) in [5, 5.41) is 0. The Morgan fingerprint density at radius 1 is 1.08 bits per heavy atom. The second-order valence-corrected chi connectivity index (χ2v) is 5.30. The van der Waals surface area contributed by atoms with Crippen molar-refractivity contribution >= 4 is 0 Å². The number of hydrogen-bond donors (Lipinski definition) is 0. The van der Waals surface area contributed by atoms with Crippen LogP contribution < -0.4 is 0 Å². The zero-order valence-electron chi connectivity index (χ0n) is 9.68. The molecule has 1 unspecified atom stereocenters. The van der Waals surface area contributed by atoms with Gasteiger partial charge in [-0.05, 0) is 24.2 Å². The van der Waals surface area contributed by atoms with Crippen molar-refractivity contribution in [2.24, 2.45) is 17.8 Å². The monoisotopic (exact) mass is 182 g/mol. The summed E-state index contributed by atoms with van der Waals surface area (Å²) >= 11 is 0. The first kappa shape index (κ1) is 11.1. The predicted molar refractivity (Wildman–Crippen MR) is 59.8 cm³/mol. The van der Waals surface area contributed by atoms with E-state index in [-0.39, 0.29) is 0 Å². The topological polar surface area (TPSA) is 0 Å². The molecule has 1 aliphatic rings. The fourth-order valence-corrected chi connectivity index (χ4v) is 2.18. The largest absolute Gasteiger partial charge is 0.0654 e. The highest BCUT2D eigenvalue weighted by Crippen LogP contribution is 2.38. The van der Waals surface area contributed by atoms with Gasteiger partial charge in [0.15, 0.2) is 0 Å². The third-order valence-electron chi connectivity index (χ3n) is 3.21. The van der Waals surface area contributed by atoms with Crippen molar-refractivity contribution in [3.63, 3.8) is 0 Å². The first-order chi connectivity index (χ1) is 6.22. The minimum Gasteiger partial charge on any atom is -0.0654 e. The Balaban J connectivity index is 2.11. The normalized spacial score (nSPS) is 19.4. The fourth-order valence-electron chi connectivity index (χ4n) is 2.18. The van der Waals surface area contributed by atoms with E-state index < -0.39 is 0 Å². The zero-order chi connectivity index (χ0) is 9.68. The number of rotatable bonds is 7. The summed E-state index contributed by atoms with van der Waals surface area (Å²) in [6.45, 7) is 7.02. The molecule has 0 saturated heterocycles. The summed E-state index contributed by atoms with van der Waals surface area (Å²) in [6, 6.07) is 0. The minimum atomic E-state index is 0.901. The molecule has 0 nitrogen and oxygen atoms in total. The maximum Gasteiger partial charge on any atom is -0.0411 e. The standard InChI is InChI=1S/C13H26/c1-4-5-12(7-6-11(2)3)10-13-8-9-13/h11-13H,4-10H2,1-3H3. The molecule has 0 bridgehead atoms. The molecule has 0 heterocycles. The van der Waals surface area contributed by atoms with E-state index in [2.05, 4.69) is 20.8 Å². The average Bonchev–Trinajstić information content (AvgIpc) is 2.84. The predicted octanol–water partition coefficient (Wildman–Crippen LogP) is 4.64. The van der Waals surface area contributed by atoms with E-state index in [1.807, 2.05) is 0 Å². The zero-order valence-corrected chi connectivity index (χ0v) is 9.68. The summed E-state index contributed by atoms with van der Waals surface area (Å²) in [7, 11) is 0. The lowest BCUT2D eigenvalue weighted by atomic mass is 9.90. The summed E-state index contributed by atoms with van der Waals surface area (Å²) in [4.78, 5) is 0. The van der Waals surface area contributed by atoms with Gasteiger partial charge in [-0.25, -0.2) is 0 Å². The summed E-state index contributed by atoms with van der Waals surface area (Å²) in [6.07, 6.45) is 10.4. The highest BCUT2D eigenvalue weighted by Gasteiger charge is 2.24. The van der Waals surface area contributed by atoms with Crippen molar-refractivity contribution in [1.82, 2.24) is 0 Å². The van der Waals surface area contributed by atoms with Crippen molar-refractivity contribution in [1.29, 1.82) is 0 Å².